The second kappa shape index (κ2) is 12.2. The van der Waals surface area contributed by atoms with Gasteiger partial charge in [0.15, 0.2) is 5.75 Å². The molecule has 0 fully saturated rings. The van der Waals surface area contributed by atoms with Crippen LogP contribution in [0.3, 0.4) is 0 Å². The number of imide groups is 1. The summed E-state index contributed by atoms with van der Waals surface area (Å²) in [6.45, 7) is 4.36. The van der Waals surface area contributed by atoms with Crippen LogP contribution in [0.4, 0.5) is 5.69 Å². The molecule has 11 heteroatoms. The summed E-state index contributed by atoms with van der Waals surface area (Å²) in [6.07, 6.45) is 3.67. The third-order valence-electron chi connectivity index (χ3n) is 6.41. The van der Waals surface area contributed by atoms with Gasteiger partial charge in [0.1, 0.15) is 17.3 Å². The molecular formula is C29H27N5O6. The van der Waals surface area contributed by atoms with Crippen LogP contribution >= 0.6 is 0 Å². The van der Waals surface area contributed by atoms with Gasteiger partial charge < -0.3 is 9.47 Å². The molecule has 40 heavy (non-hydrogen) atoms. The molecule has 2 heterocycles. The topological polar surface area (TPSA) is 141 Å². The molecule has 0 atom stereocenters. The second-order valence-corrected chi connectivity index (χ2v) is 8.84. The second-order valence-electron chi connectivity index (χ2n) is 8.84. The van der Waals surface area contributed by atoms with Crippen molar-refractivity contribution in [2.24, 2.45) is 0 Å². The van der Waals surface area contributed by atoms with E-state index >= 15 is 0 Å². The Balaban J connectivity index is 1.88. The van der Waals surface area contributed by atoms with E-state index in [1.54, 1.807) is 29.9 Å². The fraction of sp³-hybridized carbons (Fsp3) is 0.241. The molecule has 0 saturated carbocycles. The maximum Gasteiger partial charge on any atom is 0.311 e. The zero-order valence-corrected chi connectivity index (χ0v) is 22.3. The van der Waals surface area contributed by atoms with Crippen molar-refractivity contribution in [3.05, 3.63) is 87.1 Å². The predicted octanol–water partition coefficient (Wildman–Crippen LogP) is 4.47. The number of rotatable bonds is 10. The maximum absolute atomic E-state index is 13.5. The van der Waals surface area contributed by atoms with E-state index in [0.29, 0.717) is 36.5 Å². The van der Waals surface area contributed by atoms with E-state index in [1.165, 1.54) is 19.2 Å². The van der Waals surface area contributed by atoms with E-state index in [1.807, 2.05) is 43.3 Å². The molecule has 0 saturated heterocycles. The molecule has 1 aliphatic heterocycles. The lowest BCUT2D eigenvalue weighted by Gasteiger charge is -2.27. The number of carbonyl (C=O) groups excluding carboxylic acids is 2. The van der Waals surface area contributed by atoms with Crippen molar-refractivity contribution in [2.75, 3.05) is 26.9 Å². The highest BCUT2D eigenvalue weighted by atomic mass is 16.6. The van der Waals surface area contributed by atoms with Gasteiger partial charge in [-0.05, 0) is 56.2 Å². The van der Waals surface area contributed by atoms with Crippen LogP contribution in [0.25, 0.3) is 23.0 Å². The van der Waals surface area contributed by atoms with Crippen molar-refractivity contribution in [2.45, 2.75) is 20.3 Å². The van der Waals surface area contributed by atoms with Crippen molar-refractivity contribution in [1.82, 2.24) is 14.7 Å². The highest BCUT2D eigenvalue weighted by Gasteiger charge is 2.35. The first-order valence-electron chi connectivity index (χ1n) is 12.6. The Kier molecular flexibility index (Phi) is 8.51. The number of nitro benzene ring substituents is 1. The fourth-order valence-corrected chi connectivity index (χ4v) is 4.37. The number of hydrogen-bond acceptors (Lipinski definition) is 8. The van der Waals surface area contributed by atoms with Crippen molar-refractivity contribution in [3.63, 3.8) is 0 Å². The summed E-state index contributed by atoms with van der Waals surface area (Å²) in [4.78, 5) is 38.7. The summed E-state index contributed by atoms with van der Waals surface area (Å²) in [5, 5.41) is 26.1. The minimum absolute atomic E-state index is 0.0915. The number of nitro groups is 1. The summed E-state index contributed by atoms with van der Waals surface area (Å²) in [5.74, 6) is -1.10. The zero-order chi connectivity index (χ0) is 28.8. The zero-order valence-electron chi connectivity index (χ0n) is 22.3. The quantitative estimate of drug-likeness (QED) is 0.120. The molecule has 0 aliphatic carbocycles. The van der Waals surface area contributed by atoms with Crippen LogP contribution < -0.4 is 4.74 Å². The van der Waals surface area contributed by atoms with E-state index < -0.39 is 16.7 Å². The lowest BCUT2D eigenvalue weighted by molar-refractivity contribution is -0.385. The largest absolute Gasteiger partial charge is 0.490 e. The van der Waals surface area contributed by atoms with Crippen LogP contribution in [0.5, 0.6) is 5.75 Å². The number of hydrogen-bond donors (Lipinski definition) is 0. The van der Waals surface area contributed by atoms with Gasteiger partial charge in [0.25, 0.3) is 11.8 Å². The molecule has 4 rings (SSSR count). The van der Waals surface area contributed by atoms with Crippen molar-refractivity contribution in [1.29, 1.82) is 5.26 Å². The number of aromatic nitrogens is 2. The molecule has 2 aromatic carbocycles. The van der Waals surface area contributed by atoms with Gasteiger partial charge in [-0.1, -0.05) is 18.2 Å². The lowest BCUT2D eigenvalue weighted by Crippen LogP contribution is -2.43. The van der Waals surface area contributed by atoms with Crippen LogP contribution in [0, 0.1) is 21.4 Å². The Morgan fingerprint density at radius 1 is 1.15 bits per heavy atom. The monoisotopic (exact) mass is 541 g/mol. The molecule has 2 amide bonds. The molecule has 0 unspecified atom stereocenters. The Morgan fingerprint density at radius 3 is 2.55 bits per heavy atom. The van der Waals surface area contributed by atoms with Crippen LogP contribution in [0.1, 0.15) is 25.8 Å². The Hall–Kier alpha value is -5.08. The van der Waals surface area contributed by atoms with Crippen LogP contribution in [-0.4, -0.2) is 58.3 Å². The summed E-state index contributed by atoms with van der Waals surface area (Å²) >= 11 is 0. The van der Waals surface area contributed by atoms with E-state index in [9.17, 15) is 25.0 Å². The Morgan fingerprint density at radius 2 is 1.90 bits per heavy atom. The minimum atomic E-state index is -0.648. The van der Waals surface area contributed by atoms with Crippen LogP contribution in [0.2, 0.25) is 0 Å². The molecular weight excluding hydrogens is 514 g/mol. The summed E-state index contributed by atoms with van der Waals surface area (Å²) in [6, 6.07) is 15.6. The summed E-state index contributed by atoms with van der Waals surface area (Å²) in [7, 11) is 1.35. The standard InChI is InChI=1S/C29H27N5O6/c1-4-40-14-8-13-32-28(35)23(19(2)24(17-30)29(32)36)15-21-18-33(22-9-6-5-7-10-22)31-27(21)20-11-12-26(39-3)25(16-20)34(37)38/h5-7,9-12,15-16,18H,4,8,13-14H2,1-3H3/b23-15+. The predicted molar refractivity (Wildman–Crippen MR) is 146 cm³/mol. The number of methoxy groups -OCH3 is 1. The number of amides is 2. The van der Waals surface area contributed by atoms with Gasteiger partial charge in [0, 0.05) is 48.7 Å². The highest BCUT2D eigenvalue weighted by molar-refractivity contribution is 6.19. The third-order valence-corrected chi connectivity index (χ3v) is 6.41. The SMILES string of the molecule is CCOCCCN1C(=O)C(C#N)=C(C)/C(=C\c2cn(-c3ccccc3)nc2-c2ccc(OC)c([N+](=O)[O-])c2)C1=O. The molecule has 11 nitrogen and oxygen atoms in total. The fourth-order valence-electron chi connectivity index (χ4n) is 4.37. The Labute approximate surface area is 230 Å². The average molecular weight is 542 g/mol. The first-order chi connectivity index (χ1) is 19.3. The highest BCUT2D eigenvalue weighted by Crippen LogP contribution is 2.35. The van der Waals surface area contributed by atoms with Crippen LogP contribution in [0.15, 0.2) is 71.4 Å². The van der Waals surface area contributed by atoms with Gasteiger partial charge in [-0.2, -0.15) is 10.4 Å². The molecule has 1 aliphatic rings. The van der Waals surface area contributed by atoms with Crippen molar-refractivity contribution >= 4 is 23.6 Å². The number of nitriles is 1. The molecule has 0 N–H and O–H groups in total. The number of benzene rings is 2. The average Bonchev–Trinajstić information content (AvgIpc) is 3.39. The molecule has 0 bridgehead atoms. The smallest absolute Gasteiger partial charge is 0.311 e. The Bertz CT molecular complexity index is 1570. The molecule has 0 radical (unpaired) electrons. The molecule has 3 aromatic rings. The van der Waals surface area contributed by atoms with E-state index in [2.05, 4.69) is 5.10 Å². The van der Waals surface area contributed by atoms with Gasteiger partial charge in [-0.25, -0.2) is 4.68 Å². The van der Waals surface area contributed by atoms with Gasteiger partial charge >= 0.3 is 5.69 Å². The number of carbonyl (C=O) groups is 2. The normalized spacial score (nSPS) is 14.6. The van der Waals surface area contributed by atoms with Crippen LogP contribution in [-0.2, 0) is 14.3 Å². The first-order valence-corrected chi connectivity index (χ1v) is 12.6. The van der Waals surface area contributed by atoms with Crippen molar-refractivity contribution < 1.29 is 24.0 Å². The van der Waals surface area contributed by atoms with Gasteiger partial charge in [0.2, 0.25) is 0 Å². The number of para-hydroxylation sites is 1. The summed E-state index contributed by atoms with van der Waals surface area (Å²) in [5.41, 5.74) is 2.01. The maximum atomic E-state index is 13.5. The third kappa shape index (κ3) is 5.52. The molecule has 1 aromatic heterocycles. The molecule has 204 valence electrons. The van der Waals surface area contributed by atoms with Gasteiger partial charge in [0.05, 0.1) is 17.7 Å². The van der Waals surface area contributed by atoms with E-state index in [-0.39, 0.29) is 34.7 Å². The van der Waals surface area contributed by atoms with E-state index in [4.69, 9.17) is 9.47 Å². The van der Waals surface area contributed by atoms with Gasteiger partial charge in [-0.15, -0.1) is 0 Å². The van der Waals surface area contributed by atoms with E-state index in [0.717, 1.165) is 10.6 Å². The molecule has 0 spiro atoms. The lowest BCUT2D eigenvalue weighted by atomic mass is 9.93. The first kappa shape index (κ1) is 27.9. The van der Waals surface area contributed by atoms with Gasteiger partial charge in [-0.3, -0.25) is 24.6 Å². The number of ether oxygens (including phenoxy) is 2. The minimum Gasteiger partial charge on any atom is -0.490 e. The summed E-state index contributed by atoms with van der Waals surface area (Å²) < 4.78 is 12.1. The number of nitrogens with zero attached hydrogens (tertiary/aromatic N) is 5. The van der Waals surface area contributed by atoms with Crippen molar-refractivity contribution in [3.8, 4) is 28.8 Å².